The van der Waals surface area contributed by atoms with Gasteiger partial charge in [0.1, 0.15) is 10.7 Å². The molecule has 2 heterocycles. The molecule has 0 saturated carbocycles. The summed E-state index contributed by atoms with van der Waals surface area (Å²) < 4.78 is 1.11. The molecule has 0 bridgehead atoms. The number of rotatable bonds is 1. The van der Waals surface area contributed by atoms with Crippen LogP contribution in [0.2, 0.25) is 0 Å². The van der Waals surface area contributed by atoms with Gasteiger partial charge in [0.15, 0.2) is 0 Å². The Bertz CT molecular complexity index is 818. The van der Waals surface area contributed by atoms with E-state index in [0.29, 0.717) is 11.2 Å². The number of thiophene rings is 1. The van der Waals surface area contributed by atoms with Gasteiger partial charge in [-0.2, -0.15) is 0 Å². The van der Waals surface area contributed by atoms with E-state index in [1.54, 1.807) is 6.92 Å². The topological polar surface area (TPSA) is 60.9 Å². The standard InChI is InChI=1S/C14H13N3OS/c1-8-11(10-6-4-3-5-7-10)12-13(19-8)16-9(2)17(15)14(12)18/h3-7H,15H2,1-2H3. The fraction of sp³-hybridized carbons (Fsp3) is 0.143. The summed E-state index contributed by atoms with van der Waals surface area (Å²) in [5.41, 5.74) is 1.78. The molecule has 1 aromatic carbocycles. The molecular weight excluding hydrogens is 258 g/mol. The summed E-state index contributed by atoms with van der Waals surface area (Å²) in [6.07, 6.45) is 0. The van der Waals surface area contributed by atoms with Gasteiger partial charge in [-0.1, -0.05) is 30.3 Å². The average molecular weight is 271 g/mol. The molecule has 96 valence electrons. The van der Waals surface area contributed by atoms with Crippen molar-refractivity contribution < 1.29 is 0 Å². The first-order valence-electron chi connectivity index (χ1n) is 5.93. The molecule has 0 aliphatic heterocycles. The molecule has 19 heavy (non-hydrogen) atoms. The van der Waals surface area contributed by atoms with E-state index in [1.165, 1.54) is 11.3 Å². The fourth-order valence-electron chi connectivity index (χ4n) is 2.23. The maximum absolute atomic E-state index is 12.4. The van der Waals surface area contributed by atoms with Gasteiger partial charge >= 0.3 is 0 Å². The van der Waals surface area contributed by atoms with Crippen LogP contribution in [0.4, 0.5) is 0 Å². The molecular formula is C14H13N3OS. The zero-order valence-corrected chi connectivity index (χ0v) is 11.5. The summed E-state index contributed by atoms with van der Waals surface area (Å²) in [7, 11) is 0. The Hall–Kier alpha value is -2.14. The van der Waals surface area contributed by atoms with Gasteiger partial charge in [0.05, 0.1) is 5.39 Å². The zero-order valence-electron chi connectivity index (χ0n) is 10.7. The van der Waals surface area contributed by atoms with Gasteiger partial charge in [0.2, 0.25) is 0 Å². The van der Waals surface area contributed by atoms with Gasteiger partial charge in [0.25, 0.3) is 5.56 Å². The number of nitrogens with two attached hydrogens (primary N) is 1. The van der Waals surface area contributed by atoms with E-state index >= 15 is 0 Å². The summed E-state index contributed by atoms with van der Waals surface area (Å²) in [6, 6.07) is 9.86. The zero-order chi connectivity index (χ0) is 13.6. The normalized spacial score (nSPS) is 11.1. The lowest BCUT2D eigenvalue weighted by molar-refractivity contribution is 0.855. The molecule has 0 fully saturated rings. The summed E-state index contributed by atoms with van der Waals surface area (Å²) in [5, 5.41) is 0.613. The minimum absolute atomic E-state index is 0.189. The summed E-state index contributed by atoms with van der Waals surface area (Å²) in [5.74, 6) is 6.28. The third-order valence-electron chi connectivity index (χ3n) is 3.17. The van der Waals surface area contributed by atoms with E-state index in [4.69, 9.17) is 5.84 Å². The lowest BCUT2D eigenvalue weighted by Crippen LogP contribution is -2.30. The molecule has 0 unspecified atom stereocenters. The summed E-state index contributed by atoms with van der Waals surface area (Å²) in [4.78, 5) is 18.6. The van der Waals surface area contributed by atoms with Gasteiger partial charge in [-0.05, 0) is 19.4 Å². The highest BCUT2D eigenvalue weighted by Crippen LogP contribution is 2.35. The average Bonchev–Trinajstić information content (AvgIpc) is 2.73. The predicted octanol–water partition coefficient (Wildman–Crippen LogP) is 2.46. The van der Waals surface area contributed by atoms with Crippen molar-refractivity contribution in [3.05, 3.63) is 51.4 Å². The van der Waals surface area contributed by atoms with Gasteiger partial charge < -0.3 is 5.84 Å². The SMILES string of the molecule is Cc1sc2nc(C)n(N)c(=O)c2c1-c1ccccc1. The van der Waals surface area contributed by atoms with Crippen molar-refractivity contribution in [2.75, 3.05) is 5.84 Å². The van der Waals surface area contributed by atoms with Crippen molar-refractivity contribution in [1.82, 2.24) is 9.66 Å². The second-order valence-corrected chi connectivity index (χ2v) is 5.62. The van der Waals surface area contributed by atoms with E-state index in [1.807, 2.05) is 37.3 Å². The van der Waals surface area contributed by atoms with E-state index in [-0.39, 0.29) is 5.56 Å². The predicted molar refractivity (Wildman–Crippen MR) is 78.9 cm³/mol. The lowest BCUT2D eigenvalue weighted by atomic mass is 10.0. The highest BCUT2D eigenvalue weighted by Gasteiger charge is 2.17. The molecule has 0 saturated heterocycles. The Morgan fingerprint density at radius 3 is 2.58 bits per heavy atom. The smallest absolute Gasteiger partial charge is 0.281 e. The minimum Gasteiger partial charge on any atom is -0.335 e. The third-order valence-corrected chi connectivity index (χ3v) is 4.17. The highest BCUT2D eigenvalue weighted by atomic mass is 32.1. The maximum atomic E-state index is 12.4. The van der Waals surface area contributed by atoms with E-state index < -0.39 is 0 Å². The number of nitrogen functional groups attached to an aromatic ring is 1. The fourth-order valence-corrected chi connectivity index (χ4v) is 3.31. The van der Waals surface area contributed by atoms with Crippen LogP contribution in [0.15, 0.2) is 35.1 Å². The molecule has 3 rings (SSSR count). The van der Waals surface area contributed by atoms with Crippen LogP contribution in [0.3, 0.4) is 0 Å². The van der Waals surface area contributed by atoms with Crippen molar-refractivity contribution >= 4 is 21.6 Å². The monoisotopic (exact) mass is 271 g/mol. The third kappa shape index (κ3) is 1.74. The molecule has 0 atom stereocenters. The molecule has 4 nitrogen and oxygen atoms in total. The largest absolute Gasteiger partial charge is 0.335 e. The Morgan fingerprint density at radius 2 is 1.89 bits per heavy atom. The number of hydrogen-bond acceptors (Lipinski definition) is 4. The Kier molecular flexibility index (Phi) is 2.64. The molecule has 2 aromatic heterocycles. The van der Waals surface area contributed by atoms with Crippen LogP contribution < -0.4 is 11.4 Å². The number of aryl methyl sites for hydroxylation is 2. The van der Waals surface area contributed by atoms with Crippen molar-refractivity contribution in [2.45, 2.75) is 13.8 Å². The number of aromatic nitrogens is 2. The van der Waals surface area contributed by atoms with Gasteiger partial charge in [0, 0.05) is 10.4 Å². The number of hydrogen-bond donors (Lipinski definition) is 1. The molecule has 0 spiro atoms. The van der Waals surface area contributed by atoms with Crippen LogP contribution in [-0.2, 0) is 0 Å². The number of benzene rings is 1. The quantitative estimate of drug-likeness (QED) is 0.692. The molecule has 0 amide bonds. The van der Waals surface area contributed by atoms with Crippen molar-refractivity contribution in [3.8, 4) is 11.1 Å². The van der Waals surface area contributed by atoms with Crippen LogP contribution in [-0.4, -0.2) is 9.66 Å². The van der Waals surface area contributed by atoms with Crippen LogP contribution in [0.5, 0.6) is 0 Å². The first kappa shape index (κ1) is 11.9. The number of nitrogens with zero attached hydrogens (tertiary/aromatic N) is 2. The second-order valence-electron chi connectivity index (χ2n) is 4.41. The molecule has 0 aliphatic carbocycles. The van der Waals surface area contributed by atoms with Crippen LogP contribution in [0, 0.1) is 13.8 Å². The first-order valence-corrected chi connectivity index (χ1v) is 6.74. The van der Waals surface area contributed by atoms with Crippen molar-refractivity contribution in [2.24, 2.45) is 0 Å². The molecule has 3 aromatic rings. The Balaban J connectivity index is 2.47. The lowest BCUT2D eigenvalue weighted by Gasteiger charge is -2.04. The van der Waals surface area contributed by atoms with E-state index in [0.717, 1.165) is 25.5 Å². The van der Waals surface area contributed by atoms with Gasteiger partial charge in [-0.25, -0.2) is 9.66 Å². The van der Waals surface area contributed by atoms with Crippen molar-refractivity contribution in [3.63, 3.8) is 0 Å². The second kappa shape index (κ2) is 4.20. The first-order chi connectivity index (χ1) is 9.09. The van der Waals surface area contributed by atoms with E-state index in [2.05, 4.69) is 4.98 Å². The number of fused-ring (bicyclic) bond motifs is 1. The summed E-state index contributed by atoms with van der Waals surface area (Å²) in [6.45, 7) is 3.74. The van der Waals surface area contributed by atoms with Crippen LogP contribution in [0.1, 0.15) is 10.7 Å². The minimum atomic E-state index is -0.189. The Morgan fingerprint density at radius 1 is 1.21 bits per heavy atom. The van der Waals surface area contributed by atoms with Gasteiger partial charge in [-0.3, -0.25) is 4.79 Å². The van der Waals surface area contributed by atoms with Crippen molar-refractivity contribution in [1.29, 1.82) is 0 Å². The Labute approximate surface area is 114 Å². The molecule has 0 aliphatic rings. The van der Waals surface area contributed by atoms with Crippen LogP contribution >= 0.6 is 11.3 Å². The summed E-state index contributed by atoms with van der Waals surface area (Å²) >= 11 is 1.53. The molecule has 5 heteroatoms. The molecule has 2 N–H and O–H groups in total. The van der Waals surface area contributed by atoms with Gasteiger partial charge in [-0.15, -0.1) is 11.3 Å². The van der Waals surface area contributed by atoms with E-state index in [9.17, 15) is 4.79 Å². The molecule has 0 radical (unpaired) electrons. The highest BCUT2D eigenvalue weighted by molar-refractivity contribution is 7.19. The van der Waals surface area contributed by atoms with Crippen LogP contribution in [0.25, 0.3) is 21.3 Å². The maximum Gasteiger partial charge on any atom is 0.281 e.